The number of hydrogen-bond acceptors (Lipinski definition) is 3. The Labute approximate surface area is 120 Å². The summed E-state index contributed by atoms with van der Waals surface area (Å²) >= 11 is 0. The zero-order chi connectivity index (χ0) is 13.9. The van der Waals surface area contributed by atoms with Crippen molar-refractivity contribution in [2.75, 3.05) is 13.1 Å². The molecule has 0 spiro atoms. The largest absolute Gasteiger partial charge is 0.458 e. The van der Waals surface area contributed by atoms with Gasteiger partial charge in [0.1, 0.15) is 17.4 Å². The quantitative estimate of drug-likeness (QED) is 0.917. The fraction of sp³-hybridized carbons (Fsp3) is 0.529. The summed E-state index contributed by atoms with van der Waals surface area (Å²) < 4.78 is 12.2. The molecule has 2 heterocycles. The van der Waals surface area contributed by atoms with E-state index in [1.165, 1.54) is 0 Å². The molecule has 108 valence electrons. The van der Waals surface area contributed by atoms with Crippen LogP contribution < -0.4 is 5.32 Å². The molecule has 1 N–H and O–H groups in total. The summed E-state index contributed by atoms with van der Waals surface area (Å²) in [5.41, 5.74) is 0.941. The van der Waals surface area contributed by atoms with Crippen molar-refractivity contribution >= 4 is 11.0 Å². The molecule has 1 aliphatic rings. The highest BCUT2D eigenvalue weighted by atomic mass is 16.5. The van der Waals surface area contributed by atoms with Gasteiger partial charge in [0.25, 0.3) is 0 Å². The van der Waals surface area contributed by atoms with E-state index in [9.17, 15) is 0 Å². The maximum atomic E-state index is 6.29. The molecule has 0 bridgehead atoms. The smallest absolute Gasteiger partial charge is 0.135 e. The molecular weight excluding hydrogens is 250 g/mol. The Balaban J connectivity index is 1.79. The summed E-state index contributed by atoms with van der Waals surface area (Å²) in [4.78, 5) is 0. The predicted molar refractivity (Wildman–Crippen MR) is 80.8 cm³/mol. The van der Waals surface area contributed by atoms with Crippen molar-refractivity contribution in [2.45, 2.75) is 38.9 Å². The second kappa shape index (κ2) is 5.98. The zero-order valence-electron chi connectivity index (χ0n) is 12.3. The molecule has 0 saturated carbocycles. The lowest BCUT2D eigenvalue weighted by Gasteiger charge is -2.34. The third-order valence-corrected chi connectivity index (χ3v) is 4.35. The summed E-state index contributed by atoms with van der Waals surface area (Å²) in [6.07, 6.45) is 2.64. The van der Waals surface area contributed by atoms with Crippen LogP contribution >= 0.6 is 0 Å². The molecule has 1 aliphatic heterocycles. The van der Waals surface area contributed by atoms with Crippen LogP contribution in [0.1, 0.15) is 38.6 Å². The van der Waals surface area contributed by atoms with E-state index in [0.717, 1.165) is 42.7 Å². The molecule has 0 radical (unpaired) electrons. The molecule has 3 nitrogen and oxygen atoms in total. The van der Waals surface area contributed by atoms with Crippen LogP contribution in [-0.4, -0.2) is 19.2 Å². The fourth-order valence-electron chi connectivity index (χ4n) is 3.08. The molecule has 3 heteroatoms. The number of nitrogens with one attached hydrogen (secondary N) is 1. The lowest BCUT2D eigenvalue weighted by atomic mass is 9.95. The number of hydrogen-bond donors (Lipinski definition) is 1. The maximum absolute atomic E-state index is 6.29. The average molecular weight is 273 g/mol. The van der Waals surface area contributed by atoms with Crippen LogP contribution in [0.25, 0.3) is 11.0 Å². The van der Waals surface area contributed by atoms with Crippen molar-refractivity contribution in [3.63, 3.8) is 0 Å². The van der Waals surface area contributed by atoms with Gasteiger partial charge in [0.15, 0.2) is 0 Å². The topological polar surface area (TPSA) is 34.4 Å². The van der Waals surface area contributed by atoms with E-state index in [4.69, 9.17) is 9.15 Å². The van der Waals surface area contributed by atoms with E-state index in [1.807, 2.05) is 18.2 Å². The van der Waals surface area contributed by atoms with Crippen LogP contribution in [0, 0.1) is 5.92 Å². The number of ether oxygens (including phenoxy) is 1. The molecule has 1 aromatic carbocycles. The normalized spacial score (nSPS) is 23.6. The van der Waals surface area contributed by atoms with Crippen LogP contribution in [0.2, 0.25) is 0 Å². The average Bonchev–Trinajstić information content (AvgIpc) is 2.93. The highest BCUT2D eigenvalue weighted by molar-refractivity contribution is 5.77. The molecular formula is C17H23NO2. The highest BCUT2D eigenvalue weighted by Crippen LogP contribution is 2.30. The summed E-state index contributed by atoms with van der Waals surface area (Å²) in [6, 6.07) is 10.2. The summed E-state index contributed by atoms with van der Waals surface area (Å²) in [5, 5.41) is 4.64. The minimum atomic E-state index is 0.0294. The lowest BCUT2D eigenvalue weighted by molar-refractivity contribution is -0.0762. The van der Waals surface area contributed by atoms with Crippen LogP contribution in [0.4, 0.5) is 0 Å². The highest BCUT2D eigenvalue weighted by Gasteiger charge is 2.29. The summed E-state index contributed by atoms with van der Waals surface area (Å²) in [7, 11) is 0. The van der Waals surface area contributed by atoms with Gasteiger partial charge < -0.3 is 14.5 Å². The second-order valence-corrected chi connectivity index (χ2v) is 5.58. The lowest BCUT2D eigenvalue weighted by Crippen LogP contribution is -2.44. The van der Waals surface area contributed by atoms with Crippen LogP contribution in [-0.2, 0) is 4.74 Å². The van der Waals surface area contributed by atoms with Gasteiger partial charge in [-0.15, -0.1) is 0 Å². The monoisotopic (exact) mass is 273 g/mol. The maximum Gasteiger partial charge on any atom is 0.135 e. The Bertz CT molecular complexity index is 526. The second-order valence-electron chi connectivity index (χ2n) is 5.58. The molecule has 1 saturated heterocycles. The van der Waals surface area contributed by atoms with Gasteiger partial charge >= 0.3 is 0 Å². The third kappa shape index (κ3) is 2.60. The third-order valence-electron chi connectivity index (χ3n) is 4.35. The van der Waals surface area contributed by atoms with Gasteiger partial charge in [-0.25, -0.2) is 0 Å². The van der Waals surface area contributed by atoms with Crippen molar-refractivity contribution in [3.05, 3.63) is 36.1 Å². The van der Waals surface area contributed by atoms with Crippen molar-refractivity contribution in [1.29, 1.82) is 0 Å². The van der Waals surface area contributed by atoms with E-state index in [1.54, 1.807) is 0 Å². The van der Waals surface area contributed by atoms with Crippen LogP contribution in [0.5, 0.6) is 0 Å². The van der Waals surface area contributed by atoms with Crippen molar-refractivity contribution < 1.29 is 9.15 Å². The van der Waals surface area contributed by atoms with Gasteiger partial charge in [0.2, 0.25) is 0 Å². The predicted octanol–water partition coefficient (Wildman–Crippen LogP) is 3.90. The summed E-state index contributed by atoms with van der Waals surface area (Å²) in [6.45, 7) is 6.25. The Morgan fingerprint density at radius 2 is 2.00 bits per heavy atom. The minimum Gasteiger partial charge on any atom is -0.458 e. The number of rotatable bonds is 4. The van der Waals surface area contributed by atoms with E-state index >= 15 is 0 Å². The number of para-hydroxylation sites is 1. The van der Waals surface area contributed by atoms with E-state index in [2.05, 4.69) is 31.3 Å². The van der Waals surface area contributed by atoms with Crippen molar-refractivity contribution in [1.82, 2.24) is 5.32 Å². The van der Waals surface area contributed by atoms with E-state index < -0.39 is 0 Å². The molecule has 2 aromatic rings. The van der Waals surface area contributed by atoms with Gasteiger partial charge in [-0.2, -0.15) is 0 Å². The summed E-state index contributed by atoms with van der Waals surface area (Å²) in [5.74, 6) is 1.56. The van der Waals surface area contributed by atoms with Gasteiger partial charge in [-0.1, -0.05) is 44.9 Å². The standard InChI is InChI=1S/C17H23NO2/c1-3-12(4-2)16-10-18-11-17(20-16)15-9-13-7-5-6-8-14(13)19-15/h5-9,12,16-18H,3-4,10-11H2,1-2H3. The Kier molecular flexibility index (Phi) is 4.08. The molecule has 0 amide bonds. The first-order valence-corrected chi connectivity index (χ1v) is 7.66. The van der Waals surface area contributed by atoms with Gasteiger partial charge in [-0.3, -0.25) is 0 Å². The molecule has 0 aliphatic carbocycles. The Morgan fingerprint density at radius 3 is 2.75 bits per heavy atom. The molecule has 2 unspecified atom stereocenters. The van der Waals surface area contributed by atoms with E-state index in [0.29, 0.717) is 5.92 Å². The first-order chi connectivity index (χ1) is 9.81. The minimum absolute atomic E-state index is 0.0294. The molecule has 3 rings (SSSR count). The fourth-order valence-corrected chi connectivity index (χ4v) is 3.08. The number of morpholine rings is 1. The van der Waals surface area contributed by atoms with Crippen molar-refractivity contribution in [2.24, 2.45) is 5.92 Å². The molecule has 1 aromatic heterocycles. The van der Waals surface area contributed by atoms with Crippen LogP contribution in [0.3, 0.4) is 0 Å². The van der Waals surface area contributed by atoms with Gasteiger partial charge in [-0.05, 0) is 18.1 Å². The Hall–Kier alpha value is -1.32. The van der Waals surface area contributed by atoms with Crippen LogP contribution in [0.15, 0.2) is 34.7 Å². The first-order valence-electron chi connectivity index (χ1n) is 7.66. The Morgan fingerprint density at radius 1 is 1.20 bits per heavy atom. The molecule has 1 fully saturated rings. The molecule has 2 atom stereocenters. The van der Waals surface area contributed by atoms with Gasteiger partial charge in [0, 0.05) is 18.5 Å². The van der Waals surface area contributed by atoms with Crippen molar-refractivity contribution in [3.8, 4) is 0 Å². The van der Waals surface area contributed by atoms with E-state index in [-0.39, 0.29) is 12.2 Å². The number of fused-ring (bicyclic) bond motifs is 1. The number of benzene rings is 1. The first kappa shape index (κ1) is 13.7. The SMILES string of the molecule is CCC(CC)C1CNCC(c2cc3ccccc3o2)O1. The zero-order valence-corrected chi connectivity index (χ0v) is 12.3. The molecule has 20 heavy (non-hydrogen) atoms. The van der Waals surface area contributed by atoms with Gasteiger partial charge in [0.05, 0.1) is 6.10 Å². The number of furan rings is 1.